The molecule has 0 fully saturated rings. The molecule has 0 aliphatic carbocycles. The van der Waals surface area contributed by atoms with Gasteiger partial charge in [-0.2, -0.15) is 0 Å². The lowest BCUT2D eigenvalue weighted by atomic mass is 10.1. The standard InChI is InChI=1S/C21H26N2O3/c1-2-3-4-5-8-15-22-17-13-11-16(12-14-17)20(24)23-19-10-7-6-9-18(19)21(25)26/h6-7,9-14,22H,2-5,8,15H2,1H3,(H,23,24)(H,25,26). The molecule has 2 aromatic rings. The second-order valence-electron chi connectivity index (χ2n) is 6.22. The lowest BCUT2D eigenvalue weighted by molar-refractivity contribution is 0.0698. The van der Waals surface area contributed by atoms with E-state index < -0.39 is 5.97 Å². The molecular formula is C21H26N2O3. The predicted molar refractivity (Wildman–Crippen MR) is 105 cm³/mol. The van der Waals surface area contributed by atoms with Crippen LogP contribution in [0.25, 0.3) is 0 Å². The molecule has 0 aliphatic rings. The van der Waals surface area contributed by atoms with E-state index in [1.165, 1.54) is 31.7 Å². The average Bonchev–Trinajstić information content (AvgIpc) is 2.65. The van der Waals surface area contributed by atoms with E-state index in [-0.39, 0.29) is 11.5 Å². The van der Waals surface area contributed by atoms with Crippen LogP contribution in [0.2, 0.25) is 0 Å². The molecule has 26 heavy (non-hydrogen) atoms. The first-order valence-corrected chi connectivity index (χ1v) is 9.09. The van der Waals surface area contributed by atoms with Crippen LogP contribution >= 0.6 is 0 Å². The third-order valence-electron chi connectivity index (χ3n) is 4.16. The first kappa shape index (κ1) is 19.5. The number of para-hydroxylation sites is 1. The van der Waals surface area contributed by atoms with E-state index in [4.69, 9.17) is 0 Å². The molecule has 5 nitrogen and oxygen atoms in total. The Morgan fingerprint density at radius 3 is 2.31 bits per heavy atom. The zero-order valence-electron chi connectivity index (χ0n) is 15.1. The number of hydrogen-bond acceptors (Lipinski definition) is 3. The Morgan fingerprint density at radius 2 is 1.62 bits per heavy atom. The number of carbonyl (C=O) groups excluding carboxylic acids is 1. The van der Waals surface area contributed by atoms with E-state index in [9.17, 15) is 14.7 Å². The largest absolute Gasteiger partial charge is 0.478 e. The van der Waals surface area contributed by atoms with Gasteiger partial charge >= 0.3 is 5.97 Å². The highest BCUT2D eigenvalue weighted by Crippen LogP contribution is 2.17. The van der Waals surface area contributed by atoms with Crippen LogP contribution < -0.4 is 10.6 Å². The second kappa shape index (κ2) is 10.2. The summed E-state index contributed by atoms with van der Waals surface area (Å²) in [7, 11) is 0. The number of carbonyl (C=O) groups is 2. The minimum Gasteiger partial charge on any atom is -0.478 e. The molecule has 1 amide bonds. The van der Waals surface area contributed by atoms with E-state index in [2.05, 4.69) is 17.6 Å². The normalized spacial score (nSPS) is 10.3. The third-order valence-corrected chi connectivity index (χ3v) is 4.16. The number of carboxylic acid groups (broad SMARTS) is 1. The lowest BCUT2D eigenvalue weighted by Crippen LogP contribution is -2.14. The van der Waals surface area contributed by atoms with Crippen molar-refractivity contribution >= 4 is 23.3 Å². The fourth-order valence-electron chi connectivity index (χ4n) is 2.67. The van der Waals surface area contributed by atoms with Crippen molar-refractivity contribution in [3.8, 4) is 0 Å². The molecule has 2 rings (SSSR count). The van der Waals surface area contributed by atoms with Gasteiger partial charge in [0.2, 0.25) is 0 Å². The van der Waals surface area contributed by atoms with Gasteiger partial charge in [-0.05, 0) is 42.8 Å². The van der Waals surface area contributed by atoms with Gasteiger partial charge in [0.15, 0.2) is 0 Å². The molecule has 0 aliphatic heterocycles. The molecule has 0 saturated carbocycles. The molecule has 138 valence electrons. The van der Waals surface area contributed by atoms with E-state index in [0.717, 1.165) is 18.7 Å². The molecular weight excluding hydrogens is 328 g/mol. The Kier molecular flexibility index (Phi) is 7.68. The van der Waals surface area contributed by atoms with Gasteiger partial charge in [-0.1, -0.05) is 44.7 Å². The highest BCUT2D eigenvalue weighted by atomic mass is 16.4. The number of rotatable bonds is 10. The van der Waals surface area contributed by atoms with Gasteiger partial charge in [0.05, 0.1) is 11.3 Å². The molecule has 0 spiro atoms. The number of hydrogen-bond donors (Lipinski definition) is 3. The van der Waals surface area contributed by atoms with Gasteiger partial charge in [-0.15, -0.1) is 0 Å². The quantitative estimate of drug-likeness (QED) is 0.524. The van der Waals surface area contributed by atoms with Crippen LogP contribution in [0.15, 0.2) is 48.5 Å². The van der Waals surface area contributed by atoms with Crippen LogP contribution in [0, 0.1) is 0 Å². The zero-order valence-corrected chi connectivity index (χ0v) is 15.1. The maximum absolute atomic E-state index is 12.3. The molecule has 0 saturated heterocycles. The Labute approximate surface area is 154 Å². The van der Waals surface area contributed by atoms with Crippen LogP contribution in [0.4, 0.5) is 11.4 Å². The number of nitrogens with one attached hydrogen (secondary N) is 2. The fraction of sp³-hybridized carbons (Fsp3) is 0.333. The van der Waals surface area contributed by atoms with E-state index in [1.54, 1.807) is 30.3 Å². The van der Waals surface area contributed by atoms with Crippen molar-refractivity contribution in [1.82, 2.24) is 0 Å². The Balaban J connectivity index is 1.88. The fourth-order valence-corrected chi connectivity index (χ4v) is 2.67. The minimum absolute atomic E-state index is 0.0715. The van der Waals surface area contributed by atoms with Gasteiger partial charge in [0, 0.05) is 17.8 Å². The van der Waals surface area contributed by atoms with Crippen molar-refractivity contribution in [2.45, 2.75) is 39.0 Å². The molecule has 0 aromatic heterocycles. The van der Waals surface area contributed by atoms with Gasteiger partial charge in [0.25, 0.3) is 5.91 Å². The summed E-state index contributed by atoms with van der Waals surface area (Å²) in [5.41, 5.74) is 1.82. The Bertz CT molecular complexity index is 726. The summed E-state index contributed by atoms with van der Waals surface area (Å²) in [6, 6.07) is 13.6. The highest BCUT2D eigenvalue weighted by Gasteiger charge is 2.12. The predicted octanol–water partition coefficient (Wildman–Crippen LogP) is 5.02. The number of aromatic carboxylic acids is 1. The Hall–Kier alpha value is -2.82. The zero-order chi connectivity index (χ0) is 18.8. The van der Waals surface area contributed by atoms with Crippen molar-refractivity contribution in [3.05, 3.63) is 59.7 Å². The van der Waals surface area contributed by atoms with Crippen molar-refractivity contribution in [1.29, 1.82) is 0 Å². The van der Waals surface area contributed by atoms with Crippen molar-refractivity contribution in [3.63, 3.8) is 0 Å². The lowest BCUT2D eigenvalue weighted by Gasteiger charge is -2.10. The number of carboxylic acids is 1. The number of unbranched alkanes of at least 4 members (excludes halogenated alkanes) is 4. The summed E-state index contributed by atoms with van der Waals surface area (Å²) < 4.78 is 0. The summed E-state index contributed by atoms with van der Waals surface area (Å²) >= 11 is 0. The molecule has 0 heterocycles. The SMILES string of the molecule is CCCCCCCNc1ccc(C(=O)Nc2ccccc2C(=O)O)cc1. The first-order valence-electron chi connectivity index (χ1n) is 9.09. The molecule has 2 aromatic carbocycles. The first-order chi connectivity index (χ1) is 12.6. The van der Waals surface area contributed by atoms with E-state index in [1.807, 2.05) is 12.1 Å². The minimum atomic E-state index is -1.07. The average molecular weight is 354 g/mol. The highest BCUT2D eigenvalue weighted by molar-refractivity contribution is 6.07. The van der Waals surface area contributed by atoms with Crippen LogP contribution in [0.5, 0.6) is 0 Å². The maximum Gasteiger partial charge on any atom is 0.337 e. The maximum atomic E-state index is 12.3. The molecule has 0 atom stereocenters. The molecule has 0 bridgehead atoms. The second-order valence-corrected chi connectivity index (χ2v) is 6.22. The van der Waals surface area contributed by atoms with Crippen LogP contribution in [0.1, 0.15) is 59.7 Å². The summed E-state index contributed by atoms with van der Waals surface area (Å²) in [5, 5.41) is 15.2. The smallest absolute Gasteiger partial charge is 0.337 e. The molecule has 0 unspecified atom stereocenters. The summed E-state index contributed by atoms with van der Waals surface area (Å²) in [4.78, 5) is 23.5. The van der Waals surface area contributed by atoms with Gasteiger partial charge in [-0.25, -0.2) is 4.79 Å². The van der Waals surface area contributed by atoms with Gasteiger partial charge in [0.1, 0.15) is 0 Å². The Morgan fingerprint density at radius 1 is 0.923 bits per heavy atom. The van der Waals surface area contributed by atoms with Crippen LogP contribution in [-0.2, 0) is 0 Å². The summed E-state index contributed by atoms with van der Waals surface area (Å²) in [6.07, 6.45) is 6.16. The van der Waals surface area contributed by atoms with Gasteiger partial charge < -0.3 is 15.7 Å². The van der Waals surface area contributed by atoms with E-state index in [0.29, 0.717) is 11.3 Å². The number of anilines is 2. The van der Waals surface area contributed by atoms with Crippen LogP contribution in [0.3, 0.4) is 0 Å². The summed E-state index contributed by atoms with van der Waals surface area (Å²) in [5.74, 6) is -1.40. The van der Waals surface area contributed by atoms with Crippen LogP contribution in [-0.4, -0.2) is 23.5 Å². The molecule has 0 radical (unpaired) electrons. The van der Waals surface area contributed by atoms with Crippen molar-refractivity contribution in [2.75, 3.05) is 17.2 Å². The molecule has 5 heteroatoms. The summed E-state index contributed by atoms with van der Waals surface area (Å²) in [6.45, 7) is 3.12. The number of amides is 1. The number of benzene rings is 2. The van der Waals surface area contributed by atoms with Crippen molar-refractivity contribution < 1.29 is 14.7 Å². The monoisotopic (exact) mass is 354 g/mol. The third kappa shape index (κ3) is 5.92. The van der Waals surface area contributed by atoms with Crippen molar-refractivity contribution in [2.24, 2.45) is 0 Å². The molecule has 3 N–H and O–H groups in total. The van der Waals surface area contributed by atoms with E-state index >= 15 is 0 Å². The van der Waals surface area contributed by atoms with Gasteiger partial charge in [-0.3, -0.25) is 4.79 Å². The topological polar surface area (TPSA) is 78.4 Å².